The zero-order valence-corrected chi connectivity index (χ0v) is 18.8. The van der Waals surface area contributed by atoms with Crippen molar-refractivity contribution in [1.82, 2.24) is 19.7 Å². The SMILES string of the molecule is COCCn1c(SCc2nc(-c3ccc4c(c3)OCO4)no2)nc2cc3c(cc2c1=O)OCO3. The molecule has 0 N–H and O–H groups in total. The van der Waals surface area contributed by atoms with Crippen LogP contribution in [0, 0.1) is 0 Å². The van der Waals surface area contributed by atoms with Crippen LogP contribution in [-0.2, 0) is 17.0 Å². The summed E-state index contributed by atoms with van der Waals surface area (Å²) in [6, 6.07) is 8.84. The molecular weight excluding hydrogens is 464 g/mol. The summed E-state index contributed by atoms with van der Waals surface area (Å²) < 4.78 is 33.8. The fraction of sp³-hybridized carbons (Fsp3) is 0.273. The molecule has 0 saturated carbocycles. The molecule has 0 amide bonds. The zero-order valence-electron chi connectivity index (χ0n) is 18.0. The third-order valence-electron chi connectivity index (χ3n) is 5.36. The van der Waals surface area contributed by atoms with Crippen LogP contribution in [-0.4, -0.2) is 47.0 Å². The zero-order chi connectivity index (χ0) is 23.1. The Hall–Kier alpha value is -3.77. The molecule has 0 unspecified atom stereocenters. The van der Waals surface area contributed by atoms with Gasteiger partial charge in [0.2, 0.25) is 25.3 Å². The molecule has 2 aliphatic heterocycles. The first-order valence-corrected chi connectivity index (χ1v) is 11.4. The van der Waals surface area contributed by atoms with E-state index in [4.69, 9.17) is 33.2 Å². The fourth-order valence-corrected chi connectivity index (χ4v) is 4.54. The molecule has 0 radical (unpaired) electrons. The highest BCUT2D eigenvalue weighted by molar-refractivity contribution is 7.98. The highest BCUT2D eigenvalue weighted by Gasteiger charge is 2.20. The molecule has 0 atom stereocenters. The molecule has 0 spiro atoms. The van der Waals surface area contributed by atoms with Gasteiger partial charge in [-0.25, -0.2) is 4.98 Å². The van der Waals surface area contributed by atoms with Gasteiger partial charge in [0.1, 0.15) is 0 Å². The van der Waals surface area contributed by atoms with Crippen molar-refractivity contribution in [2.24, 2.45) is 0 Å². The summed E-state index contributed by atoms with van der Waals surface area (Å²) in [5, 5.41) is 5.03. The molecule has 11 nitrogen and oxygen atoms in total. The molecule has 6 rings (SSSR count). The first-order valence-electron chi connectivity index (χ1n) is 10.4. The highest BCUT2D eigenvalue weighted by Crippen LogP contribution is 2.36. The van der Waals surface area contributed by atoms with E-state index in [1.807, 2.05) is 12.1 Å². The van der Waals surface area contributed by atoms with Crippen LogP contribution in [0.25, 0.3) is 22.3 Å². The van der Waals surface area contributed by atoms with Gasteiger partial charge < -0.3 is 28.2 Å². The van der Waals surface area contributed by atoms with Crippen LogP contribution in [0.2, 0.25) is 0 Å². The smallest absolute Gasteiger partial charge is 0.262 e. The van der Waals surface area contributed by atoms with Gasteiger partial charge in [-0.15, -0.1) is 0 Å². The Bertz CT molecular complexity index is 1450. The van der Waals surface area contributed by atoms with Gasteiger partial charge in [0, 0.05) is 18.7 Å². The van der Waals surface area contributed by atoms with Gasteiger partial charge in [0.25, 0.3) is 5.56 Å². The predicted octanol–water partition coefficient (Wildman–Crippen LogP) is 2.84. The van der Waals surface area contributed by atoms with Crippen molar-refractivity contribution in [2.45, 2.75) is 17.5 Å². The summed E-state index contributed by atoms with van der Waals surface area (Å²) in [5.74, 6) is 3.58. The van der Waals surface area contributed by atoms with Gasteiger partial charge in [-0.1, -0.05) is 16.9 Å². The molecule has 34 heavy (non-hydrogen) atoms. The van der Waals surface area contributed by atoms with E-state index in [0.29, 0.717) is 69.7 Å². The number of hydrogen-bond acceptors (Lipinski definition) is 11. The second-order valence-electron chi connectivity index (χ2n) is 7.44. The Morgan fingerprint density at radius 1 is 1.00 bits per heavy atom. The van der Waals surface area contributed by atoms with Gasteiger partial charge in [0.05, 0.1) is 29.8 Å². The summed E-state index contributed by atoms with van der Waals surface area (Å²) in [7, 11) is 1.58. The molecule has 2 aromatic carbocycles. The van der Waals surface area contributed by atoms with Crippen LogP contribution in [0.15, 0.2) is 44.8 Å². The molecule has 4 heterocycles. The molecule has 0 bridgehead atoms. The molecular formula is C22H18N4O7S. The largest absolute Gasteiger partial charge is 0.454 e. The van der Waals surface area contributed by atoms with Crippen LogP contribution in [0.1, 0.15) is 5.89 Å². The van der Waals surface area contributed by atoms with E-state index in [1.165, 1.54) is 11.8 Å². The molecule has 12 heteroatoms. The van der Waals surface area contributed by atoms with E-state index < -0.39 is 0 Å². The topological polar surface area (TPSA) is 120 Å². The molecule has 174 valence electrons. The summed E-state index contributed by atoms with van der Waals surface area (Å²) >= 11 is 1.32. The maximum atomic E-state index is 13.2. The van der Waals surface area contributed by atoms with Gasteiger partial charge in [-0.3, -0.25) is 9.36 Å². The lowest BCUT2D eigenvalue weighted by Crippen LogP contribution is -2.25. The summed E-state index contributed by atoms with van der Waals surface area (Å²) in [6.07, 6.45) is 0. The Kier molecular flexibility index (Phi) is 5.23. The monoisotopic (exact) mass is 482 g/mol. The molecule has 0 aliphatic carbocycles. The van der Waals surface area contributed by atoms with Crippen molar-refractivity contribution in [3.8, 4) is 34.4 Å². The third kappa shape index (κ3) is 3.70. The number of nitrogens with zero attached hydrogens (tertiary/aromatic N) is 4. The lowest BCUT2D eigenvalue weighted by molar-refractivity contribution is 0.173. The van der Waals surface area contributed by atoms with Crippen molar-refractivity contribution in [3.63, 3.8) is 0 Å². The summed E-state index contributed by atoms with van der Waals surface area (Å²) in [5.41, 5.74) is 1.09. The van der Waals surface area contributed by atoms with Gasteiger partial charge in [-0.05, 0) is 24.3 Å². The lowest BCUT2D eigenvalue weighted by Gasteiger charge is -2.12. The maximum absolute atomic E-state index is 13.2. The standard InChI is InChI=1S/C22H18N4O7S/c1-28-5-4-26-21(27)13-7-17-18(32-11-31-17)8-14(13)23-22(26)34-9-19-24-20(25-33-19)12-2-3-15-16(6-12)30-10-29-15/h2-3,6-8H,4-5,9-11H2,1H3. The summed E-state index contributed by atoms with van der Waals surface area (Å²) in [4.78, 5) is 22.4. The number of rotatable bonds is 7. The van der Waals surface area contributed by atoms with E-state index in [9.17, 15) is 4.79 Å². The van der Waals surface area contributed by atoms with E-state index in [1.54, 1.807) is 29.9 Å². The number of fused-ring (bicyclic) bond motifs is 3. The normalized spacial score (nSPS) is 13.7. The molecule has 4 aromatic rings. The van der Waals surface area contributed by atoms with Crippen LogP contribution in [0.5, 0.6) is 23.0 Å². The van der Waals surface area contributed by atoms with Crippen molar-refractivity contribution in [1.29, 1.82) is 0 Å². The van der Waals surface area contributed by atoms with Crippen LogP contribution in [0.3, 0.4) is 0 Å². The third-order valence-corrected chi connectivity index (χ3v) is 6.32. The van der Waals surface area contributed by atoms with Crippen LogP contribution < -0.4 is 24.5 Å². The van der Waals surface area contributed by atoms with Crippen molar-refractivity contribution in [3.05, 3.63) is 46.6 Å². The van der Waals surface area contributed by atoms with E-state index in [-0.39, 0.29) is 19.1 Å². The minimum Gasteiger partial charge on any atom is -0.454 e. The number of hydrogen-bond donors (Lipinski definition) is 0. The minimum absolute atomic E-state index is 0.119. The number of benzene rings is 2. The molecule has 2 aliphatic rings. The number of thioether (sulfide) groups is 1. The lowest BCUT2D eigenvalue weighted by atomic mass is 10.2. The Morgan fingerprint density at radius 2 is 1.76 bits per heavy atom. The Balaban J connectivity index is 1.28. The number of ether oxygens (including phenoxy) is 5. The van der Waals surface area contributed by atoms with Gasteiger partial charge in [0.15, 0.2) is 28.2 Å². The Labute approximate surface area is 196 Å². The average Bonchev–Trinajstić information content (AvgIpc) is 3.61. The summed E-state index contributed by atoms with van der Waals surface area (Å²) in [6.45, 7) is 1.02. The first-order chi connectivity index (χ1) is 16.7. The fourth-order valence-electron chi connectivity index (χ4n) is 3.67. The molecule has 0 saturated heterocycles. The van der Waals surface area contributed by atoms with Crippen molar-refractivity contribution < 1.29 is 28.2 Å². The quantitative estimate of drug-likeness (QED) is 0.286. The van der Waals surface area contributed by atoms with E-state index in [0.717, 1.165) is 5.56 Å². The second kappa shape index (κ2) is 8.54. The molecule has 2 aromatic heterocycles. The van der Waals surface area contributed by atoms with Crippen LogP contribution in [0.4, 0.5) is 0 Å². The van der Waals surface area contributed by atoms with E-state index >= 15 is 0 Å². The van der Waals surface area contributed by atoms with Gasteiger partial charge >= 0.3 is 0 Å². The number of methoxy groups -OCH3 is 1. The first kappa shape index (κ1) is 20.8. The van der Waals surface area contributed by atoms with Crippen LogP contribution >= 0.6 is 11.8 Å². The minimum atomic E-state index is -0.186. The van der Waals surface area contributed by atoms with E-state index in [2.05, 4.69) is 10.1 Å². The van der Waals surface area contributed by atoms with Gasteiger partial charge in [-0.2, -0.15) is 4.98 Å². The highest BCUT2D eigenvalue weighted by atomic mass is 32.2. The van der Waals surface area contributed by atoms with Crippen molar-refractivity contribution >= 4 is 22.7 Å². The average molecular weight is 482 g/mol. The number of aromatic nitrogens is 4. The molecule has 0 fully saturated rings. The van der Waals surface area contributed by atoms with Crippen molar-refractivity contribution in [2.75, 3.05) is 27.3 Å². The second-order valence-corrected chi connectivity index (χ2v) is 8.38. The Morgan fingerprint density at radius 3 is 2.59 bits per heavy atom. The predicted molar refractivity (Wildman–Crippen MR) is 119 cm³/mol. The maximum Gasteiger partial charge on any atom is 0.262 e.